The van der Waals surface area contributed by atoms with Gasteiger partial charge < -0.3 is 5.32 Å². The smallest absolute Gasteiger partial charge is 0.142 e. The third kappa shape index (κ3) is 5.80. The van der Waals surface area contributed by atoms with Crippen molar-refractivity contribution in [2.24, 2.45) is 11.3 Å². The van der Waals surface area contributed by atoms with Crippen LogP contribution in [0, 0.1) is 17.2 Å². The number of hydrogen-bond donors (Lipinski definition) is 1. The molecule has 0 aliphatic heterocycles. The Kier molecular flexibility index (Phi) is 6.47. The van der Waals surface area contributed by atoms with Crippen LogP contribution >= 0.6 is 11.6 Å². The van der Waals surface area contributed by atoms with E-state index in [9.17, 15) is 4.39 Å². The molecule has 1 aromatic rings. The van der Waals surface area contributed by atoms with Crippen LogP contribution in [0.1, 0.15) is 46.1 Å². The average Bonchev–Trinajstić information content (AvgIpc) is 2.31. The minimum Gasteiger partial charge on any atom is -0.317 e. The second-order valence-corrected chi connectivity index (χ2v) is 7.39. The van der Waals surface area contributed by atoms with Gasteiger partial charge in [0.05, 0.1) is 5.02 Å². The van der Waals surface area contributed by atoms with Crippen molar-refractivity contribution >= 4 is 11.6 Å². The highest BCUT2D eigenvalue weighted by atomic mass is 35.5. The summed E-state index contributed by atoms with van der Waals surface area (Å²) in [6, 6.07) is 5.36. The van der Waals surface area contributed by atoms with Gasteiger partial charge >= 0.3 is 0 Å². The number of likely N-dealkylation sites (N-methyl/N-ethyl adjacent to an activating group) is 1. The summed E-state index contributed by atoms with van der Waals surface area (Å²) < 4.78 is 13.5. The standard InChI is InChI=1S/C17H27ClFN/c1-12(11-17(2,3)4)9-14(20-5)10-13-7-6-8-15(19)16(13)18/h6-8,12,14,20H,9-11H2,1-5H3. The molecule has 0 spiro atoms. The van der Waals surface area contributed by atoms with Gasteiger partial charge in [-0.25, -0.2) is 4.39 Å². The number of nitrogens with one attached hydrogen (secondary N) is 1. The number of hydrogen-bond acceptors (Lipinski definition) is 1. The zero-order valence-corrected chi connectivity index (χ0v) is 14.0. The molecule has 1 aromatic carbocycles. The molecule has 0 saturated carbocycles. The van der Waals surface area contributed by atoms with E-state index >= 15 is 0 Å². The van der Waals surface area contributed by atoms with Gasteiger partial charge in [-0.3, -0.25) is 0 Å². The van der Waals surface area contributed by atoms with Crippen molar-refractivity contribution in [2.45, 2.75) is 53.0 Å². The fourth-order valence-corrected chi connectivity index (χ4v) is 3.09. The van der Waals surface area contributed by atoms with E-state index in [0.29, 0.717) is 17.4 Å². The van der Waals surface area contributed by atoms with Gasteiger partial charge in [0.2, 0.25) is 0 Å². The van der Waals surface area contributed by atoms with E-state index in [4.69, 9.17) is 11.6 Å². The molecule has 3 heteroatoms. The van der Waals surface area contributed by atoms with Crippen molar-refractivity contribution in [3.05, 3.63) is 34.6 Å². The fraction of sp³-hybridized carbons (Fsp3) is 0.647. The highest BCUT2D eigenvalue weighted by Gasteiger charge is 2.19. The monoisotopic (exact) mass is 299 g/mol. The zero-order valence-electron chi connectivity index (χ0n) is 13.3. The molecule has 0 aliphatic rings. The molecule has 1 nitrogen and oxygen atoms in total. The van der Waals surface area contributed by atoms with Crippen LogP contribution in [0.2, 0.25) is 5.02 Å². The summed E-state index contributed by atoms with van der Waals surface area (Å²) in [4.78, 5) is 0. The zero-order chi connectivity index (χ0) is 15.3. The molecule has 0 aliphatic carbocycles. The summed E-state index contributed by atoms with van der Waals surface area (Å²) in [5, 5.41) is 3.59. The van der Waals surface area contributed by atoms with Crippen LogP contribution in [-0.4, -0.2) is 13.1 Å². The first kappa shape index (κ1) is 17.5. The second kappa shape index (κ2) is 7.42. The Morgan fingerprint density at radius 1 is 1.30 bits per heavy atom. The molecule has 1 rings (SSSR count). The highest BCUT2D eigenvalue weighted by Crippen LogP contribution is 2.28. The van der Waals surface area contributed by atoms with Crippen LogP contribution in [0.4, 0.5) is 4.39 Å². The molecule has 0 saturated heterocycles. The minimum atomic E-state index is -0.332. The third-order valence-electron chi connectivity index (χ3n) is 3.55. The van der Waals surface area contributed by atoms with Gasteiger partial charge in [-0.05, 0) is 49.3 Å². The second-order valence-electron chi connectivity index (χ2n) is 7.01. The largest absolute Gasteiger partial charge is 0.317 e. The summed E-state index contributed by atoms with van der Waals surface area (Å²) in [7, 11) is 1.96. The molecule has 2 atom stereocenters. The number of benzene rings is 1. The Morgan fingerprint density at radius 2 is 1.95 bits per heavy atom. The number of rotatable bonds is 6. The van der Waals surface area contributed by atoms with E-state index in [1.807, 2.05) is 13.1 Å². The molecule has 20 heavy (non-hydrogen) atoms. The maximum atomic E-state index is 13.5. The van der Waals surface area contributed by atoms with Crippen molar-refractivity contribution < 1.29 is 4.39 Å². The van der Waals surface area contributed by atoms with Gasteiger partial charge in [-0.15, -0.1) is 0 Å². The molecular formula is C17H27ClFN. The molecule has 0 radical (unpaired) electrons. The van der Waals surface area contributed by atoms with E-state index in [0.717, 1.165) is 18.4 Å². The van der Waals surface area contributed by atoms with Crippen LogP contribution in [0.5, 0.6) is 0 Å². The molecule has 0 fully saturated rings. The lowest BCUT2D eigenvalue weighted by Gasteiger charge is -2.27. The molecule has 0 bridgehead atoms. The van der Waals surface area contributed by atoms with Crippen molar-refractivity contribution in [1.82, 2.24) is 5.32 Å². The molecule has 0 aromatic heterocycles. The summed E-state index contributed by atoms with van der Waals surface area (Å²) in [5.74, 6) is 0.293. The predicted molar refractivity (Wildman–Crippen MR) is 85.8 cm³/mol. The van der Waals surface area contributed by atoms with E-state index in [-0.39, 0.29) is 10.8 Å². The van der Waals surface area contributed by atoms with Crippen molar-refractivity contribution in [2.75, 3.05) is 7.05 Å². The van der Waals surface area contributed by atoms with Gasteiger partial charge in [-0.1, -0.05) is 51.4 Å². The summed E-state index contributed by atoms with van der Waals surface area (Å²) in [6.45, 7) is 9.08. The third-order valence-corrected chi connectivity index (χ3v) is 3.98. The van der Waals surface area contributed by atoms with Crippen molar-refractivity contribution in [3.8, 4) is 0 Å². The van der Waals surface area contributed by atoms with Crippen LogP contribution in [0.15, 0.2) is 18.2 Å². The summed E-state index contributed by atoms with van der Waals surface area (Å²) >= 11 is 6.03. The van der Waals surface area contributed by atoms with Crippen molar-refractivity contribution in [1.29, 1.82) is 0 Å². The first-order chi connectivity index (χ1) is 9.23. The topological polar surface area (TPSA) is 12.0 Å². The summed E-state index contributed by atoms with van der Waals surface area (Å²) in [6.07, 6.45) is 3.02. The van der Waals surface area contributed by atoms with E-state index < -0.39 is 0 Å². The Hall–Kier alpha value is -0.600. The Morgan fingerprint density at radius 3 is 2.50 bits per heavy atom. The summed E-state index contributed by atoms with van der Waals surface area (Å²) in [5.41, 5.74) is 1.22. The average molecular weight is 300 g/mol. The SMILES string of the molecule is CNC(Cc1cccc(F)c1Cl)CC(C)CC(C)(C)C. The van der Waals surface area contributed by atoms with Gasteiger partial charge in [0.25, 0.3) is 0 Å². The van der Waals surface area contributed by atoms with Crippen molar-refractivity contribution in [3.63, 3.8) is 0 Å². The van der Waals surface area contributed by atoms with Gasteiger partial charge in [-0.2, -0.15) is 0 Å². The highest BCUT2D eigenvalue weighted by molar-refractivity contribution is 6.31. The van der Waals surface area contributed by atoms with E-state index in [2.05, 4.69) is 33.0 Å². The minimum absolute atomic E-state index is 0.260. The van der Waals surface area contributed by atoms with E-state index in [1.165, 1.54) is 12.5 Å². The van der Waals surface area contributed by atoms with Gasteiger partial charge in [0.15, 0.2) is 0 Å². The molecule has 0 heterocycles. The quantitative estimate of drug-likeness (QED) is 0.773. The van der Waals surface area contributed by atoms with Gasteiger partial charge in [0, 0.05) is 6.04 Å². The maximum Gasteiger partial charge on any atom is 0.142 e. The first-order valence-electron chi connectivity index (χ1n) is 7.33. The predicted octanol–water partition coefficient (Wildman–Crippen LogP) is 5.07. The van der Waals surface area contributed by atoms with Crippen LogP contribution in [0.25, 0.3) is 0 Å². The van der Waals surface area contributed by atoms with Crippen LogP contribution in [-0.2, 0) is 6.42 Å². The Balaban J connectivity index is 2.65. The molecular weight excluding hydrogens is 273 g/mol. The Bertz CT molecular complexity index is 425. The lowest BCUT2D eigenvalue weighted by molar-refractivity contribution is 0.277. The molecule has 114 valence electrons. The Labute approximate surface area is 127 Å². The maximum absolute atomic E-state index is 13.5. The number of halogens is 2. The lowest BCUT2D eigenvalue weighted by Crippen LogP contribution is -2.30. The molecule has 2 unspecified atom stereocenters. The molecule has 1 N–H and O–H groups in total. The fourth-order valence-electron chi connectivity index (χ4n) is 2.89. The van der Waals surface area contributed by atoms with Crippen LogP contribution in [0.3, 0.4) is 0 Å². The lowest BCUT2D eigenvalue weighted by atomic mass is 9.82. The molecule has 0 amide bonds. The normalized spacial score (nSPS) is 15.2. The van der Waals surface area contributed by atoms with Gasteiger partial charge in [0.1, 0.15) is 5.82 Å². The van der Waals surface area contributed by atoms with E-state index in [1.54, 1.807) is 6.07 Å². The van der Waals surface area contributed by atoms with Crippen LogP contribution < -0.4 is 5.32 Å². The first-order valence-corrected chi connectivity index (χ1v) is 7.71.